The van der Waals surface area contributed by atoms with Gasteiger partial charge in [0.25, 0.3) is 0 Å². The van der Waals surface area contributed by atoms with E-state index in [0.29, 0.717) is 6.04 Å². The molecule has 1 aromatic carbocycles. The molecule has 0 aliphatic heterocycles. The third-order valence-corrected chi connectivity index (χ3v) is 3.18. The summed E-state index contributed by atoms with van der Waals surface area (Å²) in [4.78, 5) is 0. The predicted molar refractivity (Wildman–Crippen MR) is 74.4 cm³/mol. The number of nitrogens with one attached hydrogen (secondary N) is 1. The third-order valence-electron chi connectivity index (χ3n) is 3.18. The fourth-order valence-corrected chi connectivity index (χ4v) is 2.02. The SMILES string of the molecule is COC(C)(C)C[C@H](C)NCc1cccc(CO)c1. The Morgan fingerprint density at radius 3 is 2.61 bits per heavy atom. The molecule has 0 aromatic heterocycles. The lowest BCUT2D eigenvalue weighted by molar-refractivity contribution is 0.00844. The number of aliphatic hydroxyl groups is 1. The molecule has 3 heteroatoms. The first-order chi connectivity index (χ1) is 8.46. The van der Waals surface area contributed by atoms with E-state index in [4.69, 9.17) is 9.84 Å². The largest absolute Gasteiger partial charge is 0.392 e. The van der Waals surface area contributed by atoms with Crippen LogP contribution in [0.5, 0.6) is 0 Å². The number of ether oxygens (including phenoxy) is 1. The summed E-state index contributed by atoms with van der Waals surface area (Å²) in [6.07, 6.45) is 0.961. The van der Waals surface area contributed by atoms with Crippen LogP contribution in [0, 0.1) is 0 Å². The molecule has 3 nitrogen and oxygen atoms in total. The zero-order valence-electron chi connectivity index (χ0n) is 11.9. The van der Waals surface area contributed by atoms with Crippen molar-refractivity contribution in [2.75, 3.05) is 7.11 Å². The molecule has 0 saturated heterocycles. The van der Waals surface area contributed by atoms with Crippen LogP contribution in [0.1, 0.15) is 38.3 Å². The Morgan fingerprint density at radius 2 is 2.00 bits per heavy atom. The summed E-state index contributed by atoms with van der Waals surface area (Å²) in [7, 11) is 1.75. The average Bonchev–Trinajstić information content (AvgIpc) is 2.36. The smallest absolute Gasteiger partial charge is 0.0681 e. The highest BCUT2D eigenvalue weighted by Crippen LogP contribution is 2.15. The number of rotatable bonds is 7. The molecule has 0 aliphatic rings. The molecular weight excluding hydrogens is 226 g/mol. The van der Waals surface area contributed by atoms with Crippen LogP contribution < -0.4 is 5.32 Å². The Kier molecular flexibility index (Phi) is 5.79. The highest BCUT2D eigenvalue weighted by molar-refractivity contribution is 5.22. The Bertz CT molecular complexity index is 363. The molecule has 102 valence electrons. The van der Waals surface area contributed by atoms with Crippen molar-refractivity contribution < 1.29 is 9.84 Å². The second kappa shape index (κ2) is 6.88. The molecule has 1 rings (SSSR count). The lowest BCUT2D eigenvalue weighted by Gasteiger charge is -2.27. The van der Waals surface area contributed by atoms with Crippen LogP contribution in [0.4, 0.5) is 0 Å². The molecule has 0 unspecified atom stereocenters. The minimum Gasteiger partial charge on any atom is -0.392 e. The van der Waals surface area contributed by atoms with Crippen LogP contribution in [0.25, 0.3) is 0 Å². The molecule has 1 atom stereocenters. The number of hydrogen-bond acceptors (Lipinski definition) is 3. The Labute approximate surface area is 110 Å². The monoisotopic (exact) mass is 251 g/mol. The van der Waals surface area contributed by atoms with E-state index in [1.165, 1.54) is 5.56 Å². The average molecular weight is 251 g/mol. The number of methoxy groups -OCH3 is 1. The minimum absolute atomic E-state index is 0.0973. The van der Waals surface area contributed by atoms with Crippen molar-refractivity contribution in [2.24, 2.45) is 0 Å². The Balaban J connectivity index is 2.44. The first kappa shape index (κ1) is 15.2. The normalized spacial score (nSPS) is 13.6. The Hall–Kier alpha value is -0.900. The van der Waals surface area contributed by atoms with Crippen LogP contribution in [0.3, 0.4) is 0 Å². The van der Waals surface area contributed by atoms with Crippen LogP contribution in [0.15, 0.2) is 24.3 Å². The van der Waals surface area contributed by atoms with Gasteiger partial charge in [0.1, 0.15) is 0 Å². The van der Waals surface area contributed by atoms with Crippen LogP contribution in [-0.2, 0) is 17.9 Å². The summed E-state index contributed by atoms with van der Waals surface area (Å²) >= 11 is 0. The number of aliphatic hydroxyl groups excluding tert-OH is 1. The van der Waals surface area contributed by atoms with E-state index in [9.17, 15) is 0 Å². The van der Waals surface area contributed by atoms with Gasteiger partial charge in [0.05, 0.1) is 12.2 Å². The fraction of sp³-hybridized carbons (Fsp3) is 0.600. The van der Waals surface area contributed by atoms with Crippen molar-refractivity contribution in [3.63, 3.8) is 0 Å². The van der Waals surface area contributed by atoms with E-state index in [1.807, 2.05) is 18.2 Å². The van der Waals surface area contributed by atoms with Crippen molar-refractivity contribution in [1.29, 1.82) is 0 Å². The minimum atomic E-state index is -0.0979. The topological polar surface area (TPSA) is 41.5 Å². The summed E-state index contributed by atoms with van der Waals surface area (Å²) in [6, 6.07) is 8.40. The van der Waals surface area contributed by atoms with Gasteiger partial charge in [-0.2, -0.15) is 0 Å². The molecule has 0 spiro atoms. The van der Waals surface area contributed by atoms with Crippen LogP contribution in [0.2, 0.25) is 0 Å². The van der Waals surface area contributed by atoms with Crippen molar-refractivity contribution in [1.82, 2.24) is 5.32 Å². The van der Waals surface area contributed by atoms with Crippen molar-refractivity contribution >= 4 is 0 Å². The highest BCUT2D eigenvalue weighted by Gasteiger charge is 2.19. The van der Waals surface area contributed by atoms with Gasteiger partial charge in [-0.25, -0.2) is 0 Å². The number of benzene rings is 1. The van der Waals surface area contributed by atoms with E-state index in [0.717, 1.165) is 18.5 Å². The van der Waals surface area contributed by atoms with Gasteiger partial charge < -0.3 is 15.2 Å². The van der Waals surface area contributed by atoms with E-state index < -0.39 is 0 Å². The lowest BCUT2D eigenvalue weighted by Crippen LogP contribution is -2.35. The zero-order chi connectivity index (χ0) is 13.6. The molecule has 18 heavy (non-hydrogen) atoms. The second-order valence-corrected chi connectivity index (χ2v) is 5.43. The van der Waals surface area contributed by atoms with E-state index in [-0.39, 0.29) is 12.2 Å². The van der Waals surface area contributed by atoms with Crippen molar-refractivity contribution in [3.05, 3.63) is 35.4 Å². The van der Waals surface area contributed by atoms with Gasteiger partial charge >= 0.3 is 0 Å². The van der Waals surface area contributed by atoms with Crippen LogP contribution in [-0.4, -0.2) is 23.9 Å². The van der Waals surface area contributed by atoms with Gasteiger partial charge in [-0.1, -0.05) is 24.3 Å². The fourth-order valence-electron chi connectivity index (χ4n) is 2.02. The molecular formula is C15H25NO2. The second-order valence-electron chi connectivity index (χ2n) is 5.43. The standard InChI is InChI=1S/C15H25NO2/c1-12(9-15(2,3)18-4)16-10-13-6-5-7-14(8-13)11-17/h5-8,12,16-17H,9-11H2,1-4H3/t12-/m0/s1. The summed E-state index contributed by atoms with van der Waals surface area (Å²) in [6.45, 7) is 7.26. The van der Waals surface area contributed by atoms with E-state index in [1.54, 1.807) is 7.11 Å². The van der Waals surface area contributed by atoms with Gasteiger partial charge in [0.2, 0.25) is 0 Å². The van der Waals surface area contributed by atoms with Gasteiger partial charge in [-0.05, 0) is 38.3 Å². The van der Waals surface area contributed by atoms with Crippen LogP contribution >= 0.6 is 0 Å². The summed E-state index contributed by atoms with van der Waals surface area (Å²) in [5.74, 6) is 0. The third kappa shape index (κ3) is 5.17. The van der Waals surface area contributed by atoms with E-state index in [2.05, 4.69) is 32.2 Å². The van der Waals surface area contributed by atoms with Gasteiger partial charge in [-0.3, -0.25) is 0 Å². The van der Waals surface area contributed by atoms with Crippen molar-refractivity contribution in [2.45, 2.75) is 52.0 Å². The summed E-state index contributed by atoms with van der Waals surface area (Å²) in [5, 5.41) is 12.6. The van der Waals surface area contributed by atoms with Gasteiger partial charge in [0, 0.05) is 19.7 Å². The lowest BCUT2D eigenvalue weighted by atomic mass is 9.99. The molecule has 0 aliphatic carbocycles. The Morgan fingerprint density at radius 1 is 1.33 bits per heavy atom. The molecule has 0 heterocycles. The molecule has 0 radical (unpaired) electrons. The quantitative estimate of drug-likeness (QED) is 0.782. The maximum absolute atomic E-state index is 9.09. The molecule has 2 N–H and O–H groups in total. The molecule has 0 bridgehead atoms. The molecule has 0 fully saturated rings. The first-order valence-corrected chi connectivity index (χ1v) is 6.44. The maximum atomic E-state index is 9.09. The van der Waals surface area contributed by atoms with Gasteiger partial charge in [0.15, 0.2) is 0 Å². The molecule has 0 saturated carbocycles. The first-order valence-electron chi connectivity index (χ1n) is 6.44. The van der Waals surface area contributed by atoms with E-state index >= 15 is 0 Å². The number of hydrogen-bond donors (Lipinski definition) is 2. The summed E-state index contributed by atoms with van der Waals surface area (Å²) in [5.41, 5.74) is 2.06. The molecule has 1 aromatic rings. The predicted octanol–water partition coefficient (Wildman–Crippen LogP) is 2.47. The molecule has 0 amide bonds. The highest BCUT2D eigenvalue weighted by atomic mass is 16.5. The summed E-state index contributed by atoms with van der Waals surface area (Å²) < 4.78 is 5.42. The van der Waals surface area contributed by atoms with Gasteiger partial charge in [-0.15, -0.1) is 0 Å². The maximum Gasteiger partial charge on any atom is 0.0681 e. The van der Waals surface area contributed by atoms with Crippen molar-refractivity contribution in [3.8, 4) is 0 Å². The zero-order valence-corrected chi connectivity index (χ0v) is 11.9.